The topological polar surface area (TPSA) is 264 Å². The first-order chi connectivity index (χ1) is 22.4. The molecule has 0 saturated carbocycles. The quantitative estimate of drug-likeness (QED) is 0.379. The summed E-state index contributed by atoms with van der Waals surface area (Å²) in [7, 11) is 0. The van der Waals surface area contributed by atoms with Gasteiger partial charge in [0, 0.05) is 33.4 Å². The summed E-state index contributed by atoms with van der Waals surface area (Å²) in [5, 5.41) is 98.7. The summed E-state index contributed by atoms with van der Waals surface area (Å²) in [5.41, 5.74) is -0.893. The minimum atomic E-state index is -0.441. The van der Waals surface area contributed by atoms with Gasteiger partial charge in [0.15, 0.2) is 0 Å². The highest BCUT2D eigenvalue weighted by molar-refractivity contribution is 6.29. The molecule has 12 heteroatoms. The van der Waals surface area contributed by atoms with Crippen molar-refractivity contribution < 1.29 is 0 Å². The highest BCUT2D eigenvalue weighted by atomic mass is 14.7. The molecule has 3 aromatic rings. The summed E-state index contributed by atoms with van der Waals surface area (Å²) in [6.45, 7) is 0. The van der Waals surface area contributed by atoms with Crippen LogP contribution >= 0.6 is 0 Å². The Balaban J connectivity index is 1.97. The average molecular weight is 583 g/mol. The second-order valence-corrected chi connectivity index (χ2v) is 9.31. The number of aromatic nitrogens is 2. The van der Waals surface area contributed by atoms with Gasteiger partial charge in [0.05, 0.1) is 45.8 Å². The molecular weight excluding hydrogens is 576 g/mol. The van der Waals surface area contributed by atoms with Crippen molar-refractivity contribution in [1.82, 2.24) is 9.97 Å². The zero-order valence-corrected chi connectivity index (χ0v) is 22.8. The van der Waals surface area contributed by atoms with Crippen LogP contribution in [-0.4, -0.2) is 9.97 Å². The lowest BCUT2D eigenvalue weighted by Crippen LogP contribution is -1.99. The van der Waals surface area contributed by atoms with Gasteiger partial charge in [-0.05, 0) is 47.5 Å². The number of nitrogens with zero attached hydrogens (tertiary/aromatic N) is 12. The first-order valence-corrected chi connectivity index (χ1v) is 12.6. The van der Waals surface area contributed by atoms with E-state index in [1.165, 1.54) is 36.4 Å². The number of hydrogen-bond acceptors (Lipinski definition) is 12. The zero-order chi connectivity index (χ0) is 33.1. The Bertz CT molecular complexity index is 2300. The van der Waals surface area contributed by atoms with E-state index in [9.17, 15) is 52.6 Å². The highest BCUT2D eigenvalue weighted by Crippen LogP contribution is 2.54. The van der Waals surface area contributed by atoms with E-state index in [2.05, 4.69) is 22.1 Å². The molecule has 0 N–H and O–H groups in total. The maximum absolute atomic E-state index is 10.4. The van der Waals surface area contributed by atoms with E-state index in [1.807, 2.05) is 24.3 Å². The fourth-order valence-corrected chi connectivity index (χ4v) is 5.31. The first-order valence-electron chi connectivity index (χ1n) is 12.6. The molecule has 5 rings (SSSR count). The van der Waals surface area contributed by atoms with Crippen molar-refractivity contribution in [2.45, 2.75) is 0 Å². The van der Waals surface area contributed by atoms with Gasteiger partial charge in [0.25, 0.3) is 0 Å². The number of benzene rings is 1. The second kappa shape index (κ2) is 11.3. The van der Waals surface area contributed by atoms with E-state index in [0.717, 1.165) is 0 Å². The lowest BCUT2D eigenvalue weighted by molar-refractivity contribution is 1.22. The molecule has 0 saturated heterocycles. The van der Waals surface area contributed by atoms with E-state index in [1.54, 1.807) is 24.3 Å². The Morgan fingerprint density at radius 2 is 0.783 bits per heavy atom. The molecule has 46 heavy (non-hydrogen) atoms. The highest BCUT2D eigenvalue weighted by Gasteiger charge is 2.38. The number of fused-ring (bicyclic) bond motifs is 2. The molecule has 202 valence electrons. The van der Waals surface area contributed by atoms with Crippen LogP contribution in [-0.2, 0) is 0 Å². The predicted molar refractivity (Wildman–Crippen MR) is 155 cm³/mol. The van der Waals surface area contributed by atoms with Gasteiger partial charge in [-0.25, -0.2) is 9.97 Å². The summed E-state index contributed by atoms with van der Waals surface area (Å²) >= 11 is 0. The van der Waals surface area contributed by atoms with E-state index in [-0.39, 0.29) is 89.6 Å². The Morgan fingerprint density at radius 3 is 1.09 bits per heavy atom. The molecule has 1 aromatic carbocycles. The van der Waals surface area contributed by atoms with Gasteiger partial charge in [0.2, 0.25) is 0 Å². The van der Waals surface area contributed by atoms with Crippen LogP contribution < -0.4 is 0 Å². The Hall–Kier alpha value is -8.62. The fraction of sp³-hybridized carbons (Fsp3) is 0. The lowest BCUT2D eigenvalue weighted by Gasteiger charge is -2.11. The number of pyridine rings is 2. The summed E-state index contributed by atoms with van der Waals surface area (Å²) < 4.78 is 0. The molecule has 0 bridgehead atoms. The first kappa shape index (κ1) is 28.9. The van der Waals surface area contributed by atoms with Crippen LogP contribution in [0.25, 0.3) is 33.4 Å². The van der Waals surface area contributed by atoms with Gasteiger partial charge in [-0.3, -0.25) is 0 Å². The van der Waals surface area contributed by atoms with Crippen molar-refractivity contribution in [3.05, 3.63) is 104 Å². The van der Waals surface area contributed by atoms with E-state index < -0.39 is 11.1 Å². The summed E-state index contributed by atoms with van der Waals surface area (Å²) in [6, 6.07) is 26.7. The minimum absolute atomic E-state index is 0.0102. The zero-order valence-electron chi connectivity index (χ0n) is 22.8. The van der Waals surface area contributed by atoms with Gasteiger partial charge < -0.3 is 0 Å². The number of nitriles is 10. The molecule has 0 radical (unpaired) electrons. The lowest BCUT2D eigenvalue weighted by atomic mass is 9.90. The van der Waals surface area contributed by atoms with Crippen LogP contribution in [0.3, 0.4) is 0 Å². The van der Waals surface area contributed by atoms with Crippen LogP contribution in [0.5, 0.6) is 0 Å². The smallest absolute Gasteiger partial charge is 0.142 e. The van der Waals surface area contributed by atoms with Gasteiger partial charge in [-0.1, -0.05) is 0 Å². The van der Waals surface area contributed by atoms with Crippen LogP contribution in [0.1, 0.15) is 56.2 Å². The molecule has 0 spiro atoms. The Labute approximate surface area is 260 Å². The van der Waals surface area contributed by atoms with Crippen LogP contribution in [0, 0.1) is 113 Å². The van der Waals surface area contributed by atoms with Crippen molar-refractivity contribution in [3.63, 3.8) is 0 Å². The molecule has 0 aliphatic heterocycles. The maximum atomic E-state index is 10.4. The predicted octanol–water partition coefficient (Wildman–Crippen LogP) is 4.46. The van der Waals surface area contributed by atoms with E-state index in [4.69, 9.17) is 0 Å². The number of rotatable bonds is 2. The maximum Gasteiger partial charge on any atom is 0.142 e. The molecule has 2 heterocycles. The van der Waals surface area contributed by atoms with Crippen LogP contribution in [0.4, 0.5) is 0 Å². The molecule has 0 unspecified atom stereocenters. The molecule has 2 aromatic heterocycles. The second-order valence-electron chi connectivity index (χ2n) is 9.31. The molecule has 2 aliphatic carbocycles. The van der Waals surface area contributed by atoms with Crippen molar-refractivity contribution in [2.75, 3.05) is 0 Å². The number of hydrogen-bond donors (Lipinski definition) is 0. The van der Waals surface area contributed by atoms with E-state index >= 15 is 0 Å². The Kier molecular flexibility index (Phi) is 7.12. The normalized spacial score (nSPS) is 11.9. The third-order valence-corrected chi connectivity index (χ3v) is 7.06. The largest absolute Gasteiger partial charge is 0.237 e. The van der Waals surface area contributed by atoms with Crippen molar-refractivity contribution in [2.24, 2.45) is 0 Å². The molecule has 0 fully saturated rings. The molecule has 0 amide bonds. The average Bonchev–Trinajstić information content (AvgIpc) is 3.59. The van der Waals surface area contributed by atoms with Crippen LogP contribution in [0.15, 0.2) is 47.5 Å². The van der Waals surface area contributed by atoms with E-state index in [0.29, 0.717) is 0 Å². The molecule has 2 aliphatic rings. The van der Waals surface area contributed by atoms with Crippen molar-refractivity contribution >= 4 is 33.4 Å². The molecular formula is C34H6N12. The fourth-order valence-electron chi connectivity index (χ4n) is 5.31. The van der Waals surface area contributed by atoms with Gasteiger partial charge >= 0.3 is 0 Å². The molecule has 12 nitrogen and oxygen atoms in total. The third kappa shape index (κ3) is 4.23. The third-order valence-electron chi connectivity index (χ3n) is 7.06. The van der Waals surface area contributed by atoms with Gasteiger partial charge in [0.1, 0.15) is 71.1 Å². The molecule has 0 atom stereocenters. The minimum Gasteiger partial charge on any atom is -0.237 e. The summed E-state index contributed by atoms with van der Waals surface area (Å²) in [5.74, 6) is 0. The summed E-state index contributed by atoms with van der Waals surface area (Å²) in [4.78, 5) is 8.47. The van der Waals surface area contributed by atoms with Gasteiger partial charge in [-0.2, -0.15) is 52.6 Å². The number of allylic oxidation sites excluding steroid dienone is 8. The summed E-state index contributed by atoms with van der Waals surface area (Å²) in [6.07, 6.45) is 0. The van der Waals surface area contributed by atoms with Gasteiger partial charge in [-0.15, -0.1) is 0 Å². The monoisotopic (exact) mass is 582 g/mol. The standard InChI is InChI=1S/C34H6N12/c35-7-17-1-21(13-41)45-29(3-17)33-27(15-43)23-5-24-26(6-25(23)31(33)19(9-37)10-38)32(20(11-39)12-40)34(28(24)16-44)30-4-18(8-36)2-22(14-42)46-30/h1-6H. The van der Waals surface area contributed by atoms with Crippen molar-refractivity contribution in [1.29, 1.82) is 52.6 Å². The van der Waals surface area contributed by atoms with Crippen molar-refractivity contribution in [3.8, 4) is 60.7 Å². The SMILES string of the molecule is N#CC(C#N)=C1C(c2cc(C#N)cc(C#N)n2)=C(C#N)c2cc3c(cc21)C(=C(C#N)C#N)C(c1cc(C#N)cc(C#N)n1)=C3C#N. The van der Waals surface area contributed by atoms with Crippen LogP contribution in [0.2, 0.25) is 0 Å². The Morgan fingerprint density at radius 1 is 0.413 bits per heavy atom.